The summed E-state index contributed by atoms with van der Waals surface area (Å²) in [6.07, 6.45) is 7.22. The molecule has 1 saturated heterocycles. The molecular weight excluding hydrogens is 345 g/mol. The maximum absolute atomic E-state index is 14.2. The summed E-state index contributed by atoms with van der Waals surface area (Å²) in [4.78, 5) is 11.9. The van der Waals surface area contributed by atoms with Crippen LogP contribution in [0.5, 0.6) is 0 Å². The largest absolute Gasteiger partial charge is 0.459 e. The zero-order valence-electron chi connectivity index (χ0n) is 14.2. The molecule has 1 aliphatic heterocycles. The molecule has 2 aliphatic rings. The highest BCUT2D eigenvalue weighted by molar-refractivity contribution is 7.89. The Morgan fingerprint density at radius 1 is 1.04 bits per heavy atom. The maximum atomic E-state index is 14.2. The lowest BCUT2D eigenvalue weighted by Gasteiger charge is -2.26. The lowest BCUT2D eigenvalue weighted by atomic mass is 9.98. The summed E-state index contributed by atoms with van der Waals surface area (Å²) in [6, 6.07) is 3.44. The molecule has 1 aliphatic carbocycles. The van der Waals surface area contributed by atoms with Gasteiger partial charge in [0, 0.05) is 13.1 Å². The van der Waals surface area contributed by atoms with Crippen molar-refractivity contribution >= 4 is 16.0 Å². The Kier molecular flexibility index (Phi) is 5.74. The van der Waals surface area contributed by atoms with Gasteiger partial charge in [-0.2, -0.15) is 4.31 Å². The number of benzene rings is 1. The zero-order chi connectivity index (χ0) is 17.9. The number of nitrogens with zero attached hydrogens (tertiary/aromatic N) is 1. The standard InChI is InChI=1S/C18H24FNO4S/c19-16-10-9-14(18(21)24-15-7-3-1-4-8-15)13-17(16)25(22,23)20-11-5-2-6-12-20/h9-10,13,15H,1-8,11-12H2. The van der Waals surface area contributed by atoms with Crippen LogP contribution in [0.4, 0.5) is 4.39 Å². The number of ether oxygens (including phenoxy) is 1. The molecular formula is C18H24FNO4S. The number of hydrogen-bond donors (Lipinski definition) is 0. The van der Waals surface area contributed by atoms with E-state index in [4.69, 9.17) is 4.74 Å². The number of halogens is 1. The third-order valence-electron chi connectivity index (χ3n) is 4.93. The van der Waals surface area contributed by atoms with Crippen LogP contribution >= 0.6 is 0 Å². The normalized spacial score (nSPS) is 20.4. The summed E-state index contributed by atoms with van der Waals surface area (Å²) in [5.74, 6) is -1.42. The van der Waals surface area contributed by atoms with Crippen molar-refractivity contribution in [2.24, 2.45) is 0 Å². The first-order valence-electron chi connectivity index (χ1n) is 8.99. The molecule has 138 valence electrons. The smallest absolute Gasteiger partial charge is 0.338 e. The van der Waals surface area contributed by atoms with Crippen LogP contribution in [-0.2, 0) is 14.8 Å². The molecule has 7 heteroatoms. The van der Waals surface area contributed by atoms with Gasteiger partial charge in [-0.1, -0.05) is 12.8 Å². The van der Waals surface area contributed by atoms with E-state index in [1.54, 1.807) is 0 Å². The van der Waals surface area contributed by atoms with Crippen molar-refractivity contribution in [2.45, 2.75) is 62.4 Å². The Labute approximate surface area is 148 Å². The van der Waals surface area contributed by atoms with Gasteiger partial charge in [0.2, 0.25) is 10.0 Å². The van der Waals surface area contributed by atoms with Crippen LogP contribution in [0.15, 0.2) is 23.1 Å². The number of rotatable bonds is 4. The van der Waals surface area contributed by atoms with Gasteiger partial charge in [-0.05, 0) is 56.7 Å². The molecule has 25 heavy (non-hydrogen) atoms. The third-order valence-corrected chi connectivity index (χ3v) is 6.84. The van der Waals surface area contributed by atoms with Crippen LogP contribution in [0.25, 0.3) is 0 Å². The molecule has 0 aromatic heterocycles. The van der Waals surface area contributed by atoms with Crippen molar-refractivity contribution in [3.63, 3.8) is 0 Å². The van der Waals surface area contributed by atoms with Gasteiger partial charge in [-0.15, -0.1) is 0 Å². The van der Waals surface area contributed by atoms with E-state index in [1.165, 1.54) is 10.4 Å². The third kappa shape index (κ3) is 4.20. The highest BCUT2D eigenvalue weighted by atomic mass is 32.2. The number of piperidine rings is 1. The second-order valence-corrected chi connectivity index (χ2v) is 8.68. The Morgan fingerprint density at radius 2 is 1.68 bits per heavy atom. The van der Waals surface area contributed by atoms with Crippen molar-refractivity contribution in [3.8, 4) is 0 Å². The van der Waals surface area contributed by atoms with Crippen molar-refractivity contribution in [2.75, 3.05) is 13.1 Å². The predicted molar refractivity (Wildman–Crippen MR) is 91.3 cm³/mol. The average Bonchev–Trinajstić information content (AvgIpc) is 2.63. The monoisotopic (exact) mass is 369 g/mol. The van der Waals surface area contributed by atoms with Gasteiger partial charge in [0.1, 0.15) is 16.8 Å². The minimum Gasteiger partial charge on any atom is -0.459 e. The van der Waals surface area contributed by atoms with Gasteiger partial charge in [-0.3, -0.25) is 0 Å². The van der Waals surface area contributed by atoms with E-state index in [9.17, 15) is 17.6 Å². The maximum Gasteiger partial charge on any atom is 0.338 e. The van der Waals surface area contributed by atoms with E-state index in [2.05, 4.69) is 0 Å². The Balaban J connectivity index is 1.81. The summed E-state index contributed by atoms with van der Waals surface area (Å²) in [6.45, 7) is 0.775. The fourth-order valence-corrected chi connectivity index (χ4v) is 5.08. The highest BCUT2D eigenvalue weighted by Crippen LogP contribution is 2.25. The van der Waals surface area contributed by atoms with Gasteiger partial charge in [0.05, 0.1) is 5.56 Å². The van der Waals surface area contributed by atoms with Gasteiger partial charge in [0.15, 0.2) is 0 Å². The van der Waals surface area contributed by atoms with Crippen LogP contribution < -0.4 is 0 Å². The van der Waals surface area contributed by atoms with Crippen molar-refractivity contribution in [1.82, 2.24) is 4.31 Å². The minimum absolute atomic E-state index is 0.0857. The van der Waals surface area contributed by atoms with Crippen LogP contribution in [0.2, 0.25) is 0 Å². The number of esters is 1. The first-order valence-corrected chi connectivity index (χ1v) is 10.4. The first-order chi connectivity index (χ1) is 12.0. The molecule has 5 nitrogen and oxygen atoms in total. The molecule has 2 fully saturated rings. The van der Waals surface area contributed by atoms with E-state index in [0.29, 0.717) is 13.1 Å². The fourth-order valence-electron chi connectivity index (χ4n) is 3.47. The predicted octanol–water partition coefficient (Wildman–Crippen LogP) is 3.49. The summed E-state index contributed by atoms with van der Waals surface area (Å²) in [7, 11) is -3.93. The molecule has 0 spiro atoms. The van der Waals surface area contributed by atoms with Gasteiger partial charge < -0.3 is 4.74 Å². The quantitative estimate of drug-likeness (QED) is 0.762. The molecule has 0 radical (unpaired) electrons. The van der Waals surface area contributed by atoms with Crippen LogP contribution in [-0.4, -0.2) is 37.9 Å². The topological polar surface area (TPSA) is 63.7 Å². The highest BCUT2D eigenvalue weighted by Gasteiger charge is 2.30. The van der Waals surface area contributed by atoms with E-state index in [0.717, 1.165) is 63.5 Å². The van der Waals surface area contributed by atoms with E-state index < -0.39 is 26.7 Å². The Bertz CT molecular complexity index is 723. The molecule has 0 amide bonds. The number of carbonyl (C=O) groups is 1. The lowest BCUT2D eigenvalue weighted by molar-refractivity contribution is 0.0211. The molecule has 0 atom stereocenters. The summed E-state index contributed by atoms with van der Waals surface area (Å²) in [5, 5.41) is 0. The van der Waals surface area contributed by atoms with Crippen LogP contribution in [0.3, 0.4) is 0 Å². The van der Waals surface area contributed by atoms with Crippen molar-refractivity contribution in [3.05, 3.63) is 29.6 Å². The summed E-state index contributed by atoms with van der Waals surface area (Å²) < 4.78 is 46.4. The zero-order valence-corrected chi connectivity index (χ0v) is 15.1. The molecule has 3 rings (SSSR count). The van der Waals surface area contributed by atoms with E-state index in [-0.39, 0.29) is 11.7 Å². The first kappa shape index (κ1) is 18.3. The second-order valence-electron chi connectivity index (χ2n) is 6.78. The number of hydrogen-bond acceptors (Lipinski definition) is 4. The summed E-state index contributed by atoms with van der Waals surface area (Å²) in [5.41, 5.74) is 0.0857. The SMILES string of the molecule is O=C(OC1CCCCC1)c1ccc(F)c(S(=O)(=O)N2CCCCC2)c1. The molecule has 1 saturated carbocycles. The Hall–Kier alpha value is -1.47. The van der Waals surface area contributed by atoms with Gasteiger partial charge in [-0.25, -0.2) is 17.6 Å². The summed E-state index contributed by atoms with van der Waals surface area (Å²) >= 11 is 0. The molecule has 1 heterocycles. The number of sulfonamides is 1. The van der Waals surface area contributed by atoms with Gasteiger partial charge >= 0.3 is 5.97 Å². The van der Waals surface area contributed by atoms with Crippen LogP contribution in [0.1, 0.15) is 61.7 Å². The van der Waals surface area contributed by atoms with E-state index >= 15 is 0 Å². The van der Waals surface area contributed by atoms with Crippen molar-refractivity contribution in [1.29, 1.82) is 0 Å². The number of carbonyl (C=O) groups excluding carboxylic acids is 1. The average molecular weight is 369 g/mol. The molecule has 0 unspecified atom stereocenters. The molecule has 0 N–H and O–H groups in total. The minimum atomic E-state index is -3.93. The Morgan fingerprint density at radius 3 is 2.36 bits per heavy atom. The van der Waals surface area contributed by atoms with E-state index in [1.807, 2.05) is 0 Å². The molecule has 1 aromatic carbocycles. The van der Waals surface area contributed by atoms with Crippen molar-refractivity contribution < 1.29 is 22.3 Å². The lowest BCUT2D eigenvalue weighted by Crippen LogP contribution is -2.36. The van der Waals surface area contributed by atoms with Gasteiger partial charge in [0.25, 0.3) is 0 Å². The fraction of sp³-hybridized carbons (Fsp3) is 0.611. The van der Waals surface area contributed by atoms with Crippen LogP contribution in [0, 0.1) is 5.82 Å². The second kappa shape index (κ2) is 7.83. The molecule has 1 aromatic rings. The molecule has 0 bridgehead atoms.